The molecule has 2 rings (SSSR count). The highest BCUT2D eigenvalue weighted by atomic mass is 16.2. The number of hydrogen-bond donors (Lipinski definition) is 0. The third-order valence-corrected chi connectivity index (χ3v) is 2.74. The smallest absolute Gasteiger partial charge is 0.247 e. The topological polar surface area (TPSA) is 33.2 Å². The predicted octanol–water partition coefficient (Wildman–Crippen LogP) is 1.93. The summed E-state index contributed by atoms with van der Waals surface area (Å²) in [5.74, 6) is 0.108. The lowest BCUT2D eigenvalue weighted by Gasteiger charge is -2.25. The number of nitrogens with zero attached hydrogens (tertiary/aromatic N) is 2. The summed E-state index contributed by atoms with van der Waals surface area (Å²) in [5.41, 5.74) is 2.24. The standard InChI is InChI=1S/C12H14N2O/c1-3-14-11(15)8-9(2)12(14)10-4-6-13-7-5-10/h4-8,12H,3H2,1-2H3. The molecule has 2 heterocycles. The van der Waals surface area contributed by atoms with Crippen LogP contribution in [0.15, 0.2) is 36.2 Å². The van der Waals surface area contributed by atoms with Gasteiger partial charge in [0, 0.05) is 25.0 Å². The first-order valence-corrected chi connectivity index (χ1v) is 5.12. The van der Waals surface area contributed by atoms with Crippen molar-refractivity contribution in [2.45, 2.75) is 19.9 Å². The van der Waals surface area contributed by atoms with Gasteiger partial charge >= 0.3 is 0 Å². The molecule has 0 aromatic carbocycles. The van der Waals surface area contributed by atoms with Crippen LogP contribution in [0.1, 0.15) is 25.5 Å². The largest absolute Gasteiger partial charge is 0.329 e. The van der Waals surface area contributed by atoms with Crippen molar-refractivity contribution in [1.29, 1.82) is 0 Å². The number of pyridine rings is 1. The van der Waals surface area contributed by atoms with Gasteiger partial charge in [-0.3, -0.25) is 9.78 Å². The SMILES string of the molecule is CCN1C(=O)C=C(C)C1c1ccncc1. The van der Waals surface area contributed by atoms with E-state index in [-0.39, 0.29) is 11.9 Å². The molecule has 0 radical (unpaired) electrons. The van der Waals surface area contributed by atoms with Crippen LogP contribution in [-0.4, -0.2) is 22.3 Å². The zero-order valence-electron chi connectivity index (χ0n) is 8.97. The molecule has 0 fully saturated rings. The Morgan fingerprint density at radius 3 is 2.67 bits per heavy atom. The second-order valence-electron chi connectivity index (χ2n) is 3.70. The van der Waals surface area contributed by atoms with Gasteiger partial charge < -0.3 is 4.90 Å². The van der Waals surface area contributed by atoms with Crippen LogP contribution in [0.2, 0.25) is 0 Å². The lowest BCUT2D eigenvalue weighted by atomic mass is 10.0. The van der Waals surface area contributed by atoms with Crippen molar-refractivity contribution in [2.75, 3.05) is 6.54 Å². The molecule has 78 valence electrons. The maximum Gasteiger partial charge on any atom is 0.247 e. The summed E-state index contributed by atoms with van der Waals surface area (Å²) in [6.07, 6.45) is 5.24. The van der Waals surface area contributed by atoms with Crippen LogP contribution in [0.4, 0.5) is 0 Å². The minimum atomic E-state index is 0.102. The number of likely N-dealkylation sites (N-methyl/N-ethyl adjacent to an activating group) is 1. The van der Waals surface area contributed by atoms with Crippen LogP contribution in [0.25, 0.3) is 0 Å². The van der Waals surface area contributed by atoms with Crippen molar-refractivity contribution in [3.63, 3.8) is 0 Å². The summed E-state index contributed by atoms with van der Waals surface area (Å²) in [6.45, 7) is 4.73. The zero-order valence-corrected chi connectivity index (χ0v) is 8.97. The summed E-state index contributed by atoms with van der Waals surface area (Å²) in [6, 6.07) is 4.03. The van der Waals surface area contributed by atoms with E-state index in [2.05, 4.69) is 4.98 Å². The second kappa shape index (κ2) is 3.85. The lowest BCUT2D eigenvalue weighted by Crippen LogP contribution is -2.28. The molecule has 1 amide bonds. The van der Waals surface area contributed by atoms with Gasteiger partial charge in [-0.15, -0.1) is 0 Å². The molecule has 1 atom stereocenters. The number of hydrogen-bond acceptors (Lipinski definition) is 2. The molecule has 1 aromatic rings. The van der Waals surface area contributed by atoms with Crippen molar-refractivity contribution in [3.05, 3.63) is 41.7 Å². The van der Waals surface area contributed by atoms with Crippen LogP contribution < -0.4 is 0 Å². The molecule has 0 N–H and O–H groups in total. The molecule has 3 nitrogen and oxygen atoms in total. The summed E-state index contributed by atoms with van der Waals surface area (Å²) >= 11 is 0. The third kappa shape index (κ3) is 1.65. The van der Waals surface area contributed by atoms with E-state index in [0.29, 0.717) is 0 Å². The average Bonchev–Trinajstić information content (AvgIpc) is 2.54. The number of amides is 1. The van der Waals surface area contributed by atoms with E-state index in [1.54, 1.807) is 18.5 Å². The van der Waals surface area contributed by atoms with E-state index in [0.717, 1.165) is 17.7 Å². The Kier molecular flexibility index (Phi) is 2.54. The lowest BCUT2D eigenvalue weighted by molar-refractivity contribution is -0.126. The van der Waals surface area contributed by atoms with Crippen LogP contribution in [-0.2, 0) is 4.79 Å². The van der Waals surface area contributed by atoms with Gasteiger partial charge in [0.2, 0.25) is 5.91 Å². The molecule has 0 spiro atoms. The molecule has 1 unspecified atom stereocenters. The van der Waals surface area contributed by atoms with Crippen LogP contribution >= 0.6 is 0 Å². The van der Waals surface area contributed by atoms with Gasteiger partial charge in [0.1, 0.15) is 0 Å². The molecule has 1 aliphatic rings. The molecule has 0 aliphatic carbocycles. The van der Waals surface area contributed by atoms with Gasteiger partial charge in [-0.25, -0.2) is 0 Å². The average molecular weight is 202 g/mol. The minimum Gasteiger partial charge on any atom is -0.329 e. The van der Waals surface area contributed by atoms with E-state index >= 15 is 0 Å². The molecule has 1 aliphatic heterocycles. The molecule has 1 aromatic heterocycles. The van der Waals surface area contributed by atoms with E-state index in [1.165, 1.54) is 0 Å². The maximum atomic E-state index is 11.6. The fourth-order valence-corrected chi connectivity index (χ4v) is 2.06. The normalized spacial score (nSPS) is 20.7. The number of rotatable bonds is 2. The van der Waals surface area contributed by atoms with Crippen LogP contribution in [0.3, 0.4) is 0 Å². The second-order valence-corrected chi connectivity index (χ2v) is 3.70. The number of carbonyl (C=O) groups is 1. The monoisotopic (exact) mass is 202 g/mol. The van der Waals surface area contributed by atoms with Crippen molar-refractivity contribution in [2.24, 2.45) is 0 Å². The van der Waals surface area contributed by atoms with Crippen molar-refractivity contribution >= 4 is 5.91 Å². The molecule has 0 saturated heterocycles. The van der Waals surface area contributed by atoms with Gasteiger partial charge in [-0.1, -0.05) is 0 Å². The summed E-state index contributed by atoms with van der Waals surface area (Å²) in [5, 5.41) is 0. The van der Waals surface area contributed by atoms with Crippen LogP contribution in [0, 0.1) is 0 Å². The Balaban J connectivity index is 2.36. The molecular formula is C12H14N2O. The first kappa shape index (κ1) is 9.90. The highest BCUT2D eigenvalue weighted by molar-refractivity contribution is 5.92. The van der Waals surface area contributed by atoms with Crippen molar-refractivity contribution in [1.82, 2.24) is 9.88 Å². The Bertz CT molecular complexity index is 397. The highest BCUT2D eigenvalue weighted by Crippen LogP contribution is 2.32. The fourth-order valence-electron chi connectivity index (χ4n) is 2.06. The zero-order chi connectivity index (χ0) is 10.8. The van der Waals surface area contributed by atoms with Gasteiger partial charge in [0.15, 0.2) is 0 Å². The Morgan fingerprint density at radius 2 is 2.07 bits per heavy atom. The number of carbonyl (C=O) groups excluding carboxylic acids is 1. The first-order chi connectivity index (χ1) is 7.24. The van der Waals surface area contributed by atoms with E-state index in [4.69, 9.17) is 0 Å². The van der Waals surface area contributed by atoms with E-state index < -0.39 is 0 Å². The fraction of sp³-hybridized carbons (Fsp3) is 0.333. The predicted molar refractivity (Wildman–Crippen MR) is 58.1 cm³/mol. The Labute approximate surface area is 89.4 Å². The summed E-state index contributed by atoms with van der Waals surface area (Å²) in [7, 11) is 0. The Hall–Kier alpha value is -1.64. The van der Waals surface area contributed by atoms with Crippen molar-refractivity contribution in [3.8, 4) is 0 Å². The molecule has 15 heavy (non-hydrogen) atoms. The molecule has 0 saturated carbocycles. The Morgan fingerprint density at radius 1 is 1.40 bits per heavy atom. The van der Waals surface area contributed by atoms with Crippen LogP contribution in [0.5, 0.6) is 0 Å². The first-order valence-electron chi connectivity index (χ1n) is 5.12. The van der Waals surface area contributed by atoms with Gasteiger partial charge in [-0.2, -0.15) is 0 Å². The molecule has 0 bridgehead atoms. The minimum absolute atomic E-state index is 0.102. The summed E-state index contributed by atoms with van der Waals surface area (Å²) < 4.78 is 0. The molecular weight excluding hydrogens is 188 g/mol. The third-order valence-electron chi connectivity index (χ3n) is 2.74. The maximum absolute atomic E-state index is 11.6. The number of aromatic nitrogens is 1. The van der Waals surface area contributed by atoms with E-state index in [9.17, 15) is 4.79 Å². The highest BCUT2D eigenvalue weighted by Gasteiger charge is 2.29. The quantitative estimate of drug-likeness (QED) is 0.734. The van der Waals surface area contributed by atoms with Gasteiger partial charge in [0.05, 0.1) is 6.04 Å². The van der Waals surface area contributed by atoms with Gasteiger partial charge in [0.25, 0.3) is 0 Å². The molecule has 3 heteroatoms. The van der Waals surface area contributed by atoms with Gasteiger partial charge in [-0.05, 0) is 37.1 Å². The summed E-state index contributed by atoms with van der Waals surface area (Å²) in [4.78, 5) is 17.5. The van der Waals surface area contributed by atoms with E-state index in [1.807, 2.05) is 30.9 Å². The van der Waals surface area contributed by atoms with Crippen molar-refractivity contribution < 1.29 is 4.79 Å².